The molecule has 1 aromatic carbocycles. The fraction of sp³-hybridized carbons (Fsp3) is 0.545. The molecule has 0 bridgehead atoms. The Bertz CT molecular complexity index is 828. The lowest BCUT2D eigenvalue weighted by molar-refractivity contribution is -0.141. The SMILES string of the molecule is CC(C)CN1NC(C(=O)C(C([NH])=O)[C@H]2CCCC[C@@H]2NC(=O)c2ccccc2)OC1=O. The van der Waals surface area contributed by atoms with Crippen LogP contribution in [-0.2, 0) is 14.3 Å². The molecule has 9 heteroatoms. The zero-order chi connectivity index (χ0) is 22.5. The highest BCUT2D eigenvalue weighted by atomic mass is 16.6. The van der Waals surface area contributed by atoms with Gasteiger partial charge in [0.2, 0.25) is 17.9 Å². The van der Waals surface area contributed by atoms with Crippen molar-refractivity contribution >= 4 is 23.7 Å². The molecule has 4 atom stereocenters. The molecule has 1 aromatic rings. The first-order valence-electron chi connectivity index (χ1n) is 10.7. The number of carbonyl (C=O) groups excluding carboxylic acids is 4. The summed E-state index contributed by atoms with van der Waals surface area (Å²) in [6.45, 7) is 4.19. The number of rotatable bonds is 8. The molecule has 3 rings (SSSR count). The minimum atomic E-state index is -1.31. The summed E-state index contributed by atoms with van der Waals surface area (Å²) in [6, 6.07) is 8.29. The number of benzene rings is 1. The van der Waals surface area contributed by atoms with E-state index in [-0.39, 0.29) is 11.8 Å². The zero-order valence-electron chi connectivity index (χ0n) is 17.8. The summed E-state index contributed by atoms with van der Waals surface area (Å²) in [7, 11) is 0. The quantitative estimate of drug-likeness (QED) is 0.608. The highest BCUT2D eigenvalue weighted by molar-refractivity contribution is 6.04. The van der Waals surface area contributed by atoms with Crippen LogP contribution in [0.15, 0.2) is 30.3 Å². The molecule has 1 radical (unpaired) electrons. The second kappa shape index (κ2) is 9.91. The fourth-order valence-electron chi connectivity index (χ4n) is 4.28. The van der Waals surface area contributed by atoms with Crippen molar-refractivity contribution < 1.29 is 23.9 Å². The molecule has 3 N–H and O–H groups in total. The molecule has 2 aliphatic rings. The smallest absolute Gasteiger partial charge is 0.420 e. The number of nitrogens with one attached hydrogen (secondary N) is 3. The molecule has 2 unspecified atom stereocenters. The third-order valence-electron chi connectivity index (χ3n) is 5.71. The Kier molecular flexibility index (Phi) is 7.27. The average molecular weight is 429 g/mol. The molecule has 3 amide bonds. The molecular formula is C22H29N4O5. The van der Waals surface area contributed by atoms with Crippen molar-refractivity contribution in [2.45, 2.75) is 51.8 Å². The topological polar surface area (TPSA) is 129 Å². The summed E-state index contributed by atoms with van der Waals surface area (Å²) in [6.07, 6.45) is 0.784. The standard InChI is InChI=1S/C22H29N4O5/c1-13(2)12-26-22(30)31-21(25-26)18(27)17(19(23)28)15-10-6-7-11-16(15)24-20(29)14-8-4-3-5-9-14/h3-5,8-9,13,15-17,21,23,25H,6-7,10-12H2,1-2H3,(H,24,29)/t15-,16-,17?,21?/m0/s1. The van der Waals surface area contributed by atoms with Crippen molar-refractivity contribution in [3.8, 4) is 0 Å². The average Bonchev–Trinajstić information content (AvgIpc) is 3.09. The molecule has 2 fully saturated rings. The summed E-state index contributed by atoms with van der Waals surface area (Å²) in [5.41, 5.74) is 11.0. The van der Waals surface area contributed by atoms with E-state index in [0.717, 1.165) is 12.8 Å². The molecule has 0 aromatic heterocycles. The Balaban J connectivity index is 1.75. The van der Waals surface area contributed by atoms with Gasteiger partial charge in [-0.1, -0.05) is 44.9 Å². The van der Waals surface area contributed by atoms with Crippen LogP contribution in [0.5, 0.6) is 0 Å². The predicted molar refractivity (Wildman–Crippen MR) is 111 cm³/mol. The maximum Gasteiger partial charge on any atom is 0.426 e. The van der Waals surface area contributed by atoms with Gasteiger partial charge >= 0.3 is 6.09 Å². The maximum atomic E-state index is 13.1. The number of hydrazine groups is 1. The minimum absolute atomic E-state index is 0.151. The molecule has 1 saturated carbocycles. The minimum Gasteiger partial charge on any atom is -0.420 e. The largest absolute Gasteiger partial charge is 0.426 e. The van der Waals surface area contributed by atoms with Gasteiger partial charge in [-0.3, -0.25) is 20.1 Å². The summed E-state index contributed by atoms with van der Waals surface area (Å²) in [5.74, 6) is -3.63. The van der Waals surface area contributed by atoms with Crippen LogP contribution >= 0.6 is 0 Å². The normalized spacial score (nSPS) is 24.5. The summed E-state index contributed by atoms with van der Waals surface area (Å²) < 4.78 is 5.15. The first-order chi connectivity index (χ1) is 14.8. The van der Waals surface area contributed by atoms with Crippen molar-refractivity contribution in [2.75, 3.05) is 6.54 Å². The molecule has 1 heterocycles. The van der Waals surface area contributed by atoms with E-state index in [1.54, 1.807) is 24.3 Å². The molecular weight excluding hydrogens is 400 g/mol. The molecule has 1 aliphatic carbocycles. The van der Waals surface area contributed by atoms with Crippen molar-refractivity contribution in [3.05, 3.63) is 35.9 Å². The first kappa shape index (κ1) is 22.7. The van der Waals surface area contributed by atoms with Crippen LogP contribution in [0.3, 0.4) is 0 Å². The number of amides is 3. The predicted octanol–water partition coefficient (Wildman–Crippen LogP) is 1.91. The first-order valence-corrected chi connectivity index (χ1v) is 10.7. The number of carbonyl (C=O) groups is 4. The van der Waals surface area contributed by atoms with Gasteiger partial charge < -0.3 is 10.1 Å². The number of ether oxygens (including phenoxy) is 1. The van der Waals surface area contributed by atoms with Crippen LogP contribution in [0, 0.1) is 17.8 Å². The van der Waals surface area contributed by atoms with Crippen LogP contribution in [0.1, 0.15) is 49.9 Å². The van der Waals surface area contributed by atoms with Crippen LogP contribution in [0.4, 0.5) is 4.79 Å². The van der Waals surface area contributed by atoms with Crippen molar-refractivity contribution in [2.24, 2.45) is 17.8 Å². The molecule has 31 heavy (non-hydrogen) atoms. The lowest BCUT2D eigenvalue weighted by atomic mass is 9.74. The van der Waals surface area contributed by atoms with Crippen LogP contribution in [-0.4, -0.2) is 47.5 Å². The van der Waals surface area contributed by atoms with Crippen LogP contribution in [0.25, 0.3) is 0 Å². The Morgan fingerprint density at radius 3 is 2.52 bits per heavy atom. The van der Waals surface area contributed by atoms with E-state index in [4.69, 9.17) is 10.5 Å². The van der Waals surface area contributed by atoms with E-state index >= 15 is 0 Å². The van der Waals surface area contributed by atoms with E-state index in [9.17, 15) is 19.2 Å². The maximum absolute atomic E-state index is 13.1. The second-order valence-corrected chi connectivity index (χ2v) is 8.54. The Labute approximate surface area is 181 Å². The second-order valence-electron chi connectivity index (χ2n) is 8.54. The van der Waals surface area contributed by atoms with Gasteiger partial charge in [0.15, 0.2) is 0 Å². The van der Waals surface area contributed by atoms with Gasteiger partial charge in [-0.25, -0.2) is 9.80 Å². The number of nitrogens with zero attached hydrogens (tertiary/aromatic N) is 1. The van der Waals surface area contributed by atoms with Gasteiger partial charge in [-0.2, -0.15) is 5.43 Å². The monoisotopic (exact) mass is 429 g/mol. The van der Waals surface area contributed by atoms with Crippen LogP contribution in [0.2, 0.25) is 0 Å². The van der Waals surface area contributed by atoms with Gasteiger partial charge in [0, 0.05) is 18.2 Å². The number of hydrogen-bond acceptors (Lipinski definition) is 6. The highest BCUT2D eigenvalue weighted by Gasteiger charge is 2.46. The Hall–Kier alpha value is -2.94. The van der Waals surface area contributed by atoms with Crippen LogP contribution < -0.4 is 16.5 Å². The van der Waals surface area contributed by atoms with E-state index in [1.165, 1.54) is 5.01 Å². The lowest BCUT2D eigenvalue weighted by Crippen LogP contribution is -2.52. The van der Waals surface area contributed by atoms with Crippen molar-refractivity contribution in [1.82, 2.24) is 21.5 Å². The van der Waals surface area contributed by atoms with Gasteiger partial charge in [0.25, 0.3) is 5.91 Å². The molecule has 9 nitrogen and oxygen atoms in total. The van der Waals surface area contributed by atoms with Gasteiger partial charge in [0.1, 0.15) is 5.92 Å². The Morgan fingerprint density at radius 1 is 1.19 bits per heavy atom. The third-order valence-corrected chi connectivity index (χ3v) is 5.71. The number of Topliss-reactive ketones (excluding diaryl/α,β-unsaturated/α-hetero) is 1. The summed E-state index contributed by atoms with van der Waals surface area (Å²) >= 11 is 0. The van der Waals surface area contributed by atoms with Crippen molar-refractivity contribution in [1.29, 1.82) is 0 Å². The summed E-state index contributed by atoms with van der Waals surface area (Å²) in [4.78, 5) is 50.1. The Morgan fingerprint density at radius 2 is 1.87 bits per heavy atom. The van der Waals surface area contributed by atoms with Crippen molar-refractivity contribution in [3.63, 3.8) is 0 Å². The van der Waals surface area contributed by atoms with E-state index < -0.39 is 41.9 Å². The van der Waals surface area contributed by atoms with Gasteiger partial charge in [-0.15, -0.1) is 0 Å². The van der Waals surface area contributed by atoms with E-state index in [1.807, 2.05) is 19.9 Å². The lowest BCUT2D eigenvalue weighted by Gasteiger charge is -2.36. The molecule has 1 aliphatic heterocycles. The van der Waals surface area contributed by atoms with Gasteiger partial charge in [-0.05, 0) is 36.8 Å². The van der Waals surface area contributed by atoms with E-state index in [2.05, 4.69) is 10.7 Å². The highest BCUT2D eigenvalue weighted by Crippen LogP contribution is 2.33. The van der Waals surface area contributed by atoms with E-state index in [0.29, 0.717) is 24.9 Å². The third kappa shape index (κ3) is 5.41. The molecule has 167 valence electrons. The summed E-state index contributed by atoms with van der Waals surface area (Å²) in [5, 5.41) is 4.16. The zero-order valence-corrected chi connectivity index (χ0v) is 17.8. The molecule has 1 saturated heterocycles. The van der Waals surface area contributed by atoms with Gasteiger partial charge in [0.05, 0.1) is 0 Å². The molecule has 0 spiro atoms. The number of ketones is 1. The number of cyclic esters (lactones) is 1. The number of hydrogen-bond donors (Lipinski definition) is 2. The fourth-order valence-corrected chi connectivity index (χ4v) is 4.28.